The van der Waals surface area contributed by atoms with Gasteiger partial charge in [-0.25, -0.2) is 31.6 Å². The Balaban J connectivity index is 1.82. The van der Waals surface area contributed by atoms with Crippen molar-refractivity contribution in [3.63, 3.8) is 0 Å². The van der Waals surface area contributed by atoms with Crippen LogP contribution in [-0.2, 0) is 10.0 Å². The van der Waals surface area contributed by atoms with Gasteiger partial charge in [-0.05, 0) is 49.2 Å². The summed E-state index contributed by atoms with van der Waals surface area (Å²) < 4.78 is 69.1. The van der Waals surface area contributed by atoms with Crippen molar-refractivity contribution in [2.75, 3.05) is 13.1 Å². The van der Waals surface area contributed by atoms with Crippen molar-refractivity contribution in [1.29, 1.82) is 0 Å². The number of alkyl halides is 1. The van der Waals surface area contributed by atoms with Crippen LogP contribution in [0, 0.1) is 18.6 Å². The number of fused-ring (bicyclic) bond motifs is 1. The molecule has 0 N–H and O–H groups in total. The lowest BCUT2D eigenvalue weighted by atomic mass is 10.1. The zero-order valence-electron chi connectivity index (χ0n) is 15.2. The van der Waals surface area contributed by atoms with Gasteiger partial charge in [-0.2, -0.15) is 4.31 Å². The number of aryl methyl sites for hydroxylation is 1. The summed E-state index contributed by atoms with van der Waals surface area (Å²) in [5.74, 6) is -2.18. The van der Waals surface area contributed by atoms with Gasteiger partial charge in [0.25, 0.3) is 0 Å². The van der Waals surface area contributed by atoms with Crippen LogP contribution in [0.1, 0.15) is 12.0 Å². The molecule has 3 heterocycles. The molecule has 1 atom stereocenters. The highest BCUT2D eigenvalue weighted by Gasteiger charge is 2.33. The molecule has 1 aromatic carbocycles. The van der Waals surface area contributed by atoms with Gasteiger partial charge >= 0.3 is 0 Å². The van der Waals surface area contributed by atoms with Gasteiger partial charge in [0.05, 0.1) is 16.2 Å². The van der Waals surface area contributed by atoms with Gasteiger partial charge in [0.1, 0.15) is 23.0 Å². The molecule has 152 valence electrons. The topological polar surface area (TPSA) is 63.2 Å². The maximum atomic E-state index is 14.8. The molecule has 0 bridgehead atoms. The van der Waals surface area contributed by atoms with Gasteiger partial charge < -0.3 is 0 Å². The molecular formula is C19H15ClF3N3O2S. The largest absolute Gasteiger partial charge is 0.246 e. The predicted molar refractivity (Wildman–Crippen MR) is 103 cm³/mol. The van der Waals surface area contributed by atoms with Crippen molar-refractivity contribution in [3.05, 3.63) is 52.7 Å². The number of halogens is 4. The third-order valence-electron chi connectivity index (χ3n) is 4.85. The van der Waals surface area contributed by atoms with Crippen LogP contribution in [0.4, 0.5) is 13.2 Å². The quantitative estimate of drug-likeness (QED) is 0.569. The van der Waals surface area contributed by atoms with E-state index in [1.54, 1.807) is 19.1 Å². The second-order valence-electron chi connectivity index (χ2n) is 6.84. The fraction of sp³-hybridized carbons (Fsp3) is 0.263. The van der Waals surface area contributed by atoms with Gasteiger partial charge in [-0.1, -0.05) is 11.6 Å². The number of rotatable bonds is 3. The number of sulfonamides is 1. The molecule has 1 saturated heterocycles. The highest BCUT2D eigenvalue weighted by Crippen LogP contribution is 2.32. The standard InChI is InChI=1S/C19H15ClF3N3O2S/c1-10-6-16(24-19-13(10)2-3-17(20)25-19)18-14(22)7-12(8-15(18)23)29(27,28)26-5-4-11(21)9-26/h2-3,6-8,11H,4-5,9H2,1H3/t11-/m0/s1. The molecule has 1 aliphatic heterocycles. The van der Waals surface area contributed by atoms with Gasteiger partial charge in [-0.15, -0.1) is 0 Å². The van der Waals surface area contributed by atoms with Crippen LogP contribution in [0.15, 0.2) is 35.2 Å². The first-order valence-corrected chi connectivity index (χ1v) is 10.6. The van der Waals surface area contributed by atoms with E-state index in [0.29, 0.717) is 10.9 Å². The van der Waals surface area contributed by atoms with Crippen LogP contribution in [0.5, 0.6) is 0 Å². The van der Waals surface area contributed by atoms with Gasteiger partial charge in [0.2, 0.25) is 10.0 Å². The van der Waals surface area contributed by atoms with Crippen LogP contribution < -0.4 is 0 Å². The summed E-state index contributed by atoms with van der Waals surface area (Å²) >= 11 is 5.88. The van der Waals surface area contributed by atoms with E-state index in [4.69, 9.17) is 11.6 Å². The third kappa shape index (κ3) is 3.58. The molecule has 0 unspecified atom stereocenters. The smallest absolute Gasteiger partial charge is 0.243 e. The first-order valence-electron chi connectivity index (χ1n) is 8.74. The van der Waals surface area contributed by atoms with E-state index in [0.717, 1.165) is 16.4 Å². The van der Waals surface area contributed by atoms with Crippen molar-refractivity contribution < 1.29 is 21.6 Å². The molecule has 0 saturated carbocycles. The maximum Gasteiger partial charge on any atom is 0.243 e. The van der Waals surface area contributed by atoms with Gasteiger partial charge in [0, 0.05) is 18.5 Å². The first kappa shape index (κ1) is 20.1. The van der Waals surface area contributed by atoms with Crippen molar-refractivity contribution in [3.8, 4) is 11.3 Å². The SMILES string of the molecule is Cc1cc(-c2c(F)cc(S(=O)(=O)N3CC[C@H](F)C3)cc2F)nc2nc(Cl)ccc12. The summed E-state index contributed by atoms with van der Waals surface area (Å²) in [6.07, 6.45) is -1.24. The van der Waals surface area contributed by atoms with E-state index >= 15 is 0 Å². The molecule has 1 fully saturated rings. The second-order valence-corrected chi connectivity index (χ2v) is 9.17. The van der Waals surface area contributed by atoms with Crippen LogP contribution in [-0.4, -0.2) is 42.0 Å². The van der Waals surface area contributed by atoms with Crippen LogP contribution in [0.3, 0.4) is 0 Å². The van der Waals surface area contributed by atoms with Gasteiger partial charge in [0.15, 0.2) is 5.65 Å². The molecule has 0 radical (unpaired) electrons. The highest BCUT2D eigenvalue weighted by molar-refractivity contribution is 7.89. The molecule has 1 aliphatic rings. The fourth-order valence-corrected chi connectivity index (χ4v) is 5.02. The summed E-state index contributed by atoms with van der Waals surface area (Å²) in [7, 11) is -4.20. The summed E-state index contributed by atoms with van der Waals surface area (Å²) in [6.45, 7) is 1.37. The van der Waals surface area contributed by atoms with E-state index in [-0.39, 0.29) is 36.0 Å². The Kier molecular flexibility index (Phi) is 5.00. The van der Waals surface area contributed by atoms with Crippen LogP contribution in [0.25, 0.3) is 22.3 Å². The average Bonchev–Trinajstić information content (AvgIpc) is 3.08. The van der Waals surface area contributed by atoms with E-state index in [2.05, 4.69) is 9.97 Å². The summed E-state index contributed by atoms with van der Waals surface area (Å²) in [5, 5.41) is 0.855. The van der Waals surface area contributed by atoms with Crippen molar-refractivity contribution in [1.82, 2.24) is 14.3 Å². The van der Waals surface area contributed by atoms with Crippen molar-refractivity contribution in [2.24, 2.45) is 0 Å². The molecule has 0 aliphatic carbocycles. The lowest BCUT2D eigenvalue weighted by molar-refractivity contribution is 0.343. The minimum atomic E-state index is -4.20. The normalized spacial score (nSPS) is 17.9. The van der Waals surface area contributed by atoms with Gasteiger partial charge in [-0.3, -0.25) is 0 Å². The molecule has 10 heteroatoms. The fourth-order valence-electron chi connectivity index (χ4n) is 3.37. The zero-order chi connectivity index (χ0) is 20.9. The number of benzene rings is 1. The Morgan fingerprint density at radius 2 is 1.83 bits per heavy atom. The average molecular weight is 442 g/mol. The minimum Gasteiger partial charge on any atom is -0.246 e. The molecular weight excluding hydrogens is 427 g/mol. The van der Waals surface area contributed by atoms with E-state index in [9.17, 15) is 21.6 Å². The molecule has 0 spiro atoms. The highest BCUT2D eigenvalue weighted by atomic mass is 35.5. The second kappa shape index (κ2) is 7.23. The summed E-state index contributed by atoms with van der Waals surface area (Å²) in [5.41, 5.74) is 0.388. The van der Waals surface area contributed by atoms with Crippen LogP contribution in [0.2, 0.25) is 5.15 Å². The Morgan fingerprint density at radius 3 is 2.45 bits per heavy atom. The summed E-state index contributed by atoms with van der Waals surface area (Å²) in [6, 6.07) is 6.23. The summed E-state index contributed by atoms with van der Waals surface area (Å²) in [4.78, 5) is 7.69. The van der Waals surface area contributed by atoms with Crippen molar-refractivity contribution >= 4 is 32.7 Å². The number of hydrogen-bond donors (Lipinski definition) is 0. The Hall–Kier alpha value is -2.23. The predicted octanol–water partition coefficient (Wildman–Crippen LogP) is 4.27. The van der Waals surface area contributed by atoms with Crippen molar-refractivity contribution in [2.45, 2.75) is 24.4 Å². The van der Waals surface area contributed by atoms with Crippen LogP contribution >= 0.6 is 11.6 Å². The van der Waals surface area contributed by atoms with E-state index in [1.807, 2.05) is 0 Å². The molecule has 5 nitrogen and oxygen atoms in total. The molecule has 4 rings (SSSR count). The lowest BCUT2D eigenvalue weighted by Gasteiger charge is -2.16. The number of hydrogen-bond acceptors (Lipinski definition) is 4. The number of nitrogens with zero attached hydrogens (tertiary/aromatic N) is 3. The number of pyridine rings is 2. The molecule has 29 heavy (non-hydrogen) atoms. The monoisotopic (exact) mass is 441 g/mol. The molecule has 2 aromatic heterocycles. The van der Waals surface area contributed by atoms with E-state index < -0.39 is 38.3 Å². The van der Waals surface area contributed by atoms with E-state index in [1.165, 1.54) is 6.07 Å². The maximum absolute atomic E-state index is 14.8. The third-order valence-corrected chi connectivity index (χ3v) is 6.90. The Labute approximate surface area is 170 Å². The molecule has 0 amide bonds. The first-order chi connectivity index (χ1) is 13.7. The Morgan fingerprint density at radius 1 is 1.14 bits per heavy atom. The zero-order valence-corrected chi connectivity index (χ0v) is 16.7. The molecule has 3 aromatic rings. The minimum absolute atomic E-state index is 0.0336. The number of aromatic nitrogens is 2. The Bertz CT molecular complexity index is 1210. The lowest BCUT2D eigenvalue weighted by Crippen LogP contribution is -2.29.